The van der Waals surface area contributed by atoms with Crippen LogP contribution >= 0.6 is 0 Å². The molecule has 0 aliphatic rings. The Kier molecular flexibility index (Phi) is 14.6. The monoisotopic (exact) mass is 683 g/mol. The number of hydrogen-bond acceptors (Lipinski definition) is 8. The van der Waals surface area contributed by atoms with Crippen LogP contribution < -0.4 is 10.2 Å². The summed E-state index contributed by atoms with van der Waals surface area (Å²) in [6, 6.07) is 19.9. The molecule has 47 heavy (non-hydrogen) atoms. The fourth-order valence-electron chi connectivity index (χ4n) is 4.75. The van der Waals surface area contributed by atoms with E-state index in [0.717, 1.165) is 58.2 Å². The maximum atomic E-state index is 11.0. The normalized spacial score (nSPS) is 11.4. The molecular formula is C38H44CoN2O6. The molecule has 0 amide bonds. The van der Waals surface area contributed by atoms with Gasteiger partial charge in [-0.05, 0) is 79.3 Å². The van der Waals surface area contributed by atoms with Crippen LogP contribution in [0.4, 0.5) is 11.4 Å². The van der Waals surface area contributed by atoms with E-state index in [9.17, 15) is 10.2 Å². The Morgan fingerprint density at radius 1 is 0.660 bits per heavy atom. The van der Waals surface area contributed by atoms with E-state index in [1.165, 1.54) is 0 Å². The topological polar surface area (TPSA) is 145 Å². The third-order valence-electron chi connectivity index (χ3n) is 6.73. The molecule has 0 spiro atoms. The van der Waals surface area contributed by atoms with E-state index in [1.807, 2.05) is 74.5 Å². The first kappa shape index (κ1) is 40.6. The summed E-state index contributed by atoms with van der Waals surface area (Å²) < 4.78 is 0. The molecule has 0 aromatic heterocycles. The predicted octanol–water partition coefficient (Wildman–Crippen LogP) is 6.47. The number of carbonyl (C=O) groups excluding carboxylic acids is 2. The number of aromatic hydroxyl groups is 2. The Balaban J connectivity index is 0.00000110. The van der Waals surface area contributed by atoms with Crippen molar-refractivity contribution in [3.8, 4) is 11.5 Å². The molecule has 0 heterocycles. The van der Waals surface area contributed by atoms with Crippen LogP contribution in [0, 0.1) is 13.8 Å². The fraction of sp³-hybridized carbons (Fsp3) is 0.316. The number of hydrogen-bond donors (Lipinski definition) is 2. The Morgan fingerprint density at radius 3 is 1.28 bits per heavy atom. The summed E-state index contributed by atoms with van der Waals surface area (Å²) in [7, 11) is 0. The summed E-state index contributed by atoms with van der Waals surface area (Å²) in [5, 5.41) is 41.7. The minimum atomic E-state index is -1.08. The number of aryl methyl sites for hydroxylation is 2. The second kappa shape index (κ2) is 16.9. The van der Waals surface area contributed by atoms with Gasteiger partial charge in [0.05, 0.1) is 11.4 Å². The van der Waals surface area contributed by atoms with E-state index < -0.39 is 11.9 Å². The van der Waals surface area contributed by atoms with E-state index in [4.69, 9.17) is 29.8 Å². The second-order valence-corrected chi connectivity index (χ2v) is 13.2. The van der Waals surface area contributed by atoms with Gasteiger partial charge in [0.2, 0.25) is 0 Å². The van der Waals surface area contributed by atoms with E-state index in [2.05, 4.69) is 41.5 Å². The molecule has 4 aromatic rings. The van der Waals surface area contributed by atoms with Crippen molar-refractivity contribution in [2.45, 2.75) is 80.1 Å². The summed E-state index contributed by atoms with van der Waals surface area (Å²) in [5.74, 6) is -1.65. The summed E-state index contributed by atoms with van der Waals surface area (Å²) in [6.07, 6.45) is 3.46. The molecule has 0 atom stereocenters. The number of benzene rings is 4. The molecule has 9 heteroatoms. The number of phenolic OH excluding ortho intramolecular Hbond substituents is 2. The second-order valence-electron chi connectivity index (χ2n) is 13.2. The molecule has 8 nitrogen and oxygen atoms in total. The number of aliphatic imine (C=N–C) groups is 2. The quantitative estimate of drug-likeness (QED) is 0.236. The Bertz CT molecular complexity index is 1650. The van der Waals surface area contributed by atoms with Crippen molar-refractivity contribution in [1.29, 1.82) is 0 Å². The number of nitrogens with zero attached hydrogens (tertiary/aromatic N) is 2. The molecule has 251 valence electrons. The third kappa shape index (κ3) is 12.0. The molecule has 0 fully saturated rings. The van der Waals surface area contributed by atoms with Gasteiger partial charge in [0.15, 0.2) is 0 Å². The number of carboxylic acid groups (broad SMARTS) is 2. The van der Waals surface area contributed by atoms with Crippen LogP contribution in [0.2, 0.25) is 0 Å². The van der Waals surface area contributed by atoms with Gasteiger partial charge in [-0.25, -0.2) is 0 Å². The van der Waals surface area contributed by atoms with Crippen molar-refractivity contribution in [3.63, 3.8) is 0 Å². The van der Waals surface area contributed by atoms with E-state index in [-0.39, 0.29) is 39.1 Å². The van der Waals surface area contributed by atoms with Crippen LogP contribution in [-0.2, 0) is 37.2 Å². The summed E-state index contributed by atoms with van der Waals surface area (Å²) in [6.45, 7) is 18.6. The number of phenols is 2. The molecule has 4 rings (SSSR count). The van der Waals surface area contributed by atoms with Gasteiger partial charge in [-0.2, -0.15) is 0 Å². The number of fused-ring (bicyclic) bond motifs is 1. The zero-order chi connectivity index (χ0) is 35.0. The SMILES string of the molecule is CC(=O)[O-].CC(=O)[O-].Cc1cc(C=Nc2cccc3cccc(N=Cc4cc(C)cc(C(C)(C)C)c4O)c23)c(O)c(C(C)(C)C)c1.[Co+2]. The first-order chi connectivity index (χ1) is 21.2. The summed E-state index contributed by atoms with van der Waals surface area (Å²) >= 11 is 0. The third-order valence-corrected chi connectivity index (χ3v) is 6.73. The fourth-order valence-corrected chi connectivity index (χ4v) is 4.75. The zero-order valence-electron chi connectivity index (χ0n) is 28.7. The molecule has 4 aromatic carbocycles. The van der Waals surface area contributed by atoms with E-state index in [1.54, 1.807) is 12.4 Å². The largest absolute Gasteiger partial charge is 2.00 e. The van der Waals surface area contributed by atoms with Crippen molar-refractivity contribution in [2.24, 2.45) is 9.98 Å². The Morgan fingerprint density at radius 2 is 0.979 bits per heavy atom. The van der Waals surface area contributed by atoms with Gasteiger partial charge in [0.1, 0.15) is 11.5 Å². The number of carboxylic acids is 2. The van der Waals surface area contributed by atoms with Crippen LogP contribution in [-0.4, -0.2) is 34.6 Å². The molecule has 0 aliphatic carbocycles. The van der Waals surface area contributed by atoms with Crippen molar-refractivity contribution in [1.82, 2.24) is 0 Å². The van der Waals surface area contributed by atoms with Gasteiger partial charge >= 0.3 is 16.8 Å². The first-order valence-corrected chi connectivity index (χ1v) is 14.9. The maximum absolute atomic E-state index is 11.0. The van der Waals surface area contributed by atoms with Crippen LogP contribution in [0.25, 0.3) is 10.8 Å². The number of rotatable bonds is 4. The van der Waals surface area contributed by atoms with Gasteiger partial charge in [-0.3, -0.25) is 9.98 Å². The number of aliphatic carboxylic acids is 2. The molecule has 0 saturated heterocycles. The Hall–Kier alpha value is -4.47. The minimum absolute atomic E-state index is 0. The molecule has 0 aliphatic heterocycles. The van der Waals surface area contributed by atoms with E-state index in [0.29, 0.717) is 11.1 Å². The molecule has 0 bridgehead atoms. The van der Waals surface area contributed by atoms with Gasteiger partial charge in [0, 0.05) is 52.0 Å². The standard InChI is InChI=1S/C34H38N2O2.2C2H4O2.Co/c1-21-15-24(31(37)26(17-21)33(3,4)5)19-35-28-13-9-11-23-12-10-14-29(30(23)28)36-20-25-16-22(2)18-27(32(25)38)34(6,7)8;2*1-2(3)4;/h9-20,37-38H,1-8H3;2*1H3,(H,3,4);/q;;;+2/p-2. The molecular weight excluding hydrogens is 639 g/mol. The van der Waals surface area contributed by atoms with Crippen LogP contribution in [0.1, 0.15) is 88.8 Å². The summed E-state index contributed by atoms with van der Waals surface area (Å²) in [5.41, 5.74) is 6.47. The van der Waals surface area contributed by atoms with Gasteiger partial charge in [-0.1, -0.05) is 77.9 Å². The average molecular weight is 684 g/mol. The first-order valence-electron chi connectivity index (χ1n) is 14.9. The summed E-state index contributed by atoms with van der Waals surface area (Å²) in [4.78, 5) is 27.4. The zero-order valence-corrected chi connectivity index (χ0v) is 29.7. The minimum Gasteiger partial charge on any atom is -0.550 e. The van der Waals surface area contributed by atoms with Crippen LogP contribution in [0.5, 0.6) is 11.5 Å². The van der Waals surface area contributed by atoms with Gasteiger partial charge in [-0.15, -0.1) is 0 Å². The van der Waals surface area contributed by atoms with Crippen LogP contribution in [0.15, 0.2) is 70.6 Å². The van der Waals surface area contributed by atoms with Gasteiger partial charge in [0.25, 0.3) is 0 Å². The predicted molar refractivity (Wildman–Crippen MR) is 183 cm³/mol. The van der Waals surface area contributed by atoms with Crippen molar-refractivity contribution in [2.75, 3.05) is 0 Å². The molecule has 0 saturated carbocycles. The van der Waals surface area contributed by atoms with Crippen LogP contribution in [0.3, 0.4) is 0 Å². The molecule has 2 N–H and O–H groups in total. The van der Waals surface area contributed by atoms with Gasteiger partial charge < -0.3 is 30.0 Å². The Labute approximate surface area is 288 Å². The van der Waals surface area contributed by atoms with Crippen molar-refractivity contribution in [3.05, 3.63) is 94.0 Å². The average Bonchev–Trinajstić information content (AvgIpc) is 2.91. The maximum Gasteiger partial charge on any atom is 2.00 e. The molecule has 0 unspecified atom stereocenters. The molecule has 1 radical (unpaired) electrons. The smallest absolute Gasteiger partial charge is 0.550 e. The van der Waals surface area contributed by atoms with Crippen molar-refractivity contribution < 1.29 is 46.8 Å². The number of carbonyl (C=O) groups is 2. The van der Waals surface area contributed by atoms with Crippen molar-refractivity contribution >= 4 is 46.5 Å². The van der Waals surface area contributed by atoms with E-state index >= 15 is 0 Å².